The number of hydrogen-bond donors (Lipinski definition) is 1. The molecule has 20 heavy (non-hydrogen) atoms. The van der Waals surface area contributed by atoms with E-state index in [2.05, 4.69) is 5.32 Å². The molecule has 0 aliphatic heterocycles. The summed E-state index contributed by atoms with van der Waals surface area (Å²) >= 11 is 0. The van der Waals surface area contributed by atoms with Crippen molar-refractivity contribution in [1.29, 1.82) is 0 Å². The molecule has 4 nitrogen and oxygen atoms in total. The van der Waals surface area contributed by atoms with E-state index >= 15 is 0 Å². The van der Waals surface area contributed by atoms with Gasteiger partial charge >= 0.3 is 0 Å². The molecular formula is C15H15FN2O2. The van der Waals surface area contributed by atoms with Gasteiger partial charge in [0, 0.05) is 18.3 Å². The fourth-order valence-corrected chi connectivity index (χ4v) is 1.79. The van der Waals surface area contributed by atoms with Gasteiger partial charge in [0.25, 0.3) is 5.56 Å². The number of aryl methyl sites for hydroxylation is 1. The zero-order valence-corrected chi connectivity index (χ0v) is 11.1. The molecule has 1 aromatic carbocycles. The van der Waals surface area contributed by atoms with Gasteiger partial charge in [-0.15, -0.1) is 0 Å². The van der Waals surface area contributed by atoms with Crippen LogP contribution in [-0.4, -0.2) is 10.5 Å². The lowest BCUT2D eigenvalue weighted by Crippen LogP contribution is -2.32. The van der Waals surface area contributed by atoms with E-state index < -0.39 is 0 Å². The van der Waals surface area contributed by atoms with Crippen LogP contribution in [0, 0.1) is 12.7 Å². The molecule has 0 saturated carbocycles. The Bertz CT molecular complexity index is 662. The van der Waals surface area contributed by atoms with Crippen molar-refractivity contribution in [2.24, 2.45) is 0 Å². The molecule has 104 valence electrons. The Morgan fingerprint density at radius 3 is 2.65 bits per heavy atom. The minimum absolute atomic E-state index is 0.0261. The van der Waals surface area contributed by atoms with Gasteiger partial charge in [-0.25, -0.2) is 4.39 Å². The molecule has 1 amide bonds. The highest BCUT2D eigenvalue weighted by Crippen LogP contribution is 2.02. The van der Waals surface area contributed by atoms with Crippen molar-refractivity contribution in [2.45, 2.75) is 20.0 Å². The molecule has 0 radical (unpaired) electrons. The van der Waals surface area contributed by atoms with Crippen LogP contribution >= 0.6 is 0 Å². The quantitative estimate of drug-likeness (QED) is 0.921. The second-order valence-corrected chi connectivity index (χ2v) is 4.53. The Kier molecular flexibility index (Phi) is 4.30. The lowest BCUT2D eigenvalue weighted by atomic mass is 10.2. The maximum atomic E-state index is 12.7. The van der Waals surface area contributed by atoms with Crippen LogP contribution in [0.25, 0.3) is 0 Å². The number of rotatable bonds is 4. The van der Waals surface area contributed by atoms with Crippen LogP contribution < -0.4 is 10.9 Å². The number of nitrogens with zero attached hydrogens (tertiary/aromatic N) is 1. The summed E-state index contributed by atoms with van der Waals surface area (Å²) in [6.45, 7) is 1.98. The first kappa shape index (κ1) is 14.0. The summed E-state index contributed by atoms with van der Waals surface area (Å²) in [4.78, 5) is 23.5. The van der Waals surface area contributed by atoms with Crippen LogP contribution in [-0.2, 0) is 17.9 Å². The number of pyridine rings is 1. The van der Waals surface area contributed by atoms with Crippen molar-refractivity contribution in [3.05, 3.63) is 69.9 Å². The van der Waals surface area contributed by atoms with Crippen LogP contribution in [0.3, 0.4) is 0 Å². The Labute approximate surface area is 115 Å². The molecular weight excluding hydrogens is 259 g/mol. The third-order valence-electron chi connectivity index (χ3n) is 2.93. The minimum atomic E-state index is -0.314. The van der Waals surface area contributed by atoms with E-state index in [1.807, 2.05) is 0 Å². The largest absolute Gasteiger partial charge is 0.350 e. The van der Waals surface area contributed by atoms with Crippen LogP contribution in [0.5, 0.6) is 0 Å². The Hall–Kier alpha value is -2.43. The molecule has 0 saturated heterocycles. The number of carbonyl (C=O) groups is 1. The number of benzene rings is 1. The van der Waals surface area contributed by atoms with Crippen LogP contribution in [0.4, 0.5) is 4.39 Å². The minimum Gasteiger partial charge on any atom is -0.350 e. The first-order valence-electron chi connectivity index (χ1n) is 6.23. The van der Waals surface area contributed by atoms with E-state index in [4.69, 9.17) is 0 Å². The van der Waals surface area contributed by atoms with Gasteiger partial charge in [-0.3, -0.25) is 9.59 Å². The maximum absolute atomic E-state index is 12.7. The Balaban J connectivity index is 1.94. The molecule has 0 bridgehead atoms. The second-order valence-electron chi connectivity index (χ2n) is 4.53. The van der Waals surface area contributed by atoms with E-state index in [0.29, 0.717) is 12.1 Å². The summed E-state index contributed by atoms with van der Waals surface area (Å²) in [6, 6.07) is 9.32. The summed E-state index contributed by atoms with van der Waals surface area (Å²) in [7, 11) is 0. The third-order valence-corrected chi connectivity index (χ3v) is 2.93. The highest BCUT2D eigenvalue weighted by Gasteiger charge is 2.05. The highest BCUT2D eigenvalue weighted by molar-refractivity contribution is 5.75. The van der Waals surface area contributed by atoms with Gasteiger partial charge in [0.2, 0.25) is 5.91 Å². The highest BCUT2D eigenvalue weighted by atomic mass is 19.1. The molecule has 1 N–H and O–H groups in total. The predicted octanol–water partition coefficient (Wildman–Crippen LogP) is 1.61. The fourth-order valence-electron chi connectivity index (χ4n) is 1.79. The van der Waals surface area contributed by atoms with Gasteiger partial charge in [0.1, 0.15) is 12.4 Å². The van der Waals surface area contributed by atoms with Crippen molar-refractivity contribution in [1.82, 2.24) is 9.88 Å². The summed E-state index contributed by atoms with van der Waals surface area (Å²) in [6.07, 6.45) is 1.58. The van der Waals surface area contributed by atoms with E-state index in [1.54, 1.807) is 37.4 Å². The first-order chi connectivity index (χ1) is 9.56. The molecule has 0 unspecified atom stereocenters. The fraction of sp³-hybridized carbons (Fsp3) is 0.200. The molecule has 0 atom stereocenters. The van der Waals surface area contributed by atoms with Gasteiger partial charge in [0.05, 0.1) is 0 Å². The van der Waals surface area contributed by atoms with E-state index in [0.717, 1.165) is 5.56 Å². The monoisotopic (exact) mass is 274 g/mol. The number of nitrogens with one attached hydrogen (secondary N) is 1. The van der Waals surface area contributed by atoms with Crippen molar-refractivity contribution in [2.75, 3.05) is 0 Å². The van der Waals surface area contributed by atoms with Gasteiger partial charge in [-0.1, -0.05) is 18.2 Å². The normalized spacial score (nSPS) is 10.3. The van der Waals surface area contributed by atoms with Crippen molar-refractivity contribution in [3.63, 3.8) is 0 Å². The summed E-state index contributed by atoms with van der Waals surface area (Å²) in [5.41, 5.74) is 1.22. The van der Waals surface area contributed by atoms with E-state index in [9.17, 15) is 14.0 Å². The topological polar surface area (TPSA) is 51.1 Å². The second kappa shape index (κ2) is 6.14. The standard InChI is InChI=1S/C15H15FN2O2/c1-11-3-2-8-18(15(11)20)10-14(19)17-9-12-4-6-13(16)7-5-12/h2-8H,9-10H2,1H3,(H,17,19). The van der Waals surface area contributed by atoms with Crippen LogP contribution in [0.1, 0.15) is 11.1 Å². The number of halogens is 1. The summed E-state index contributed by atoms with van der Waals surface area (Å²) < 4.78 is 14.1. The van der Waals surface area contributed by atoms with Gasteiger partial charge in [0.15, 0.2) is 0 Å². The number of carbonyl (C=O) groups excluding carboxylic acids is 1. The zero-order valence-electron chi connectivity index (χ0n) is 11.1. The SMILES string of the molecule is Cc1cccn(CC(=O)NCc2ccc(F)cc2)c1=O. The molecule has 2 aromatic rings. The predicted molar refractivity (Wildman–Crippen MR) is 73.7 cm³/mol. The summed E-state index contributed by atoms with van der Waals surface area (Å²) in [5, 5.41) is 2.69. The van der Waals surface area contributed by atoms with Crippen molar-refractivity contribution < 1.29 is 9.18 Å². The molecule has 1 heterocycles. The summed E-state index contributed by atoms with van der Waals surface area (Å²) in [5.74, 6) is -0.576. The Morgan fingerprint density at radius 1 is 1.25 bits per heavy atom. The average molecular weight is 274 g/mol. The number of hydrogen-bond acceptors (Lipinski definition) is 2. The smallest absolute Gasteiger partial charge is 0.253 e. The molecule has 2 rings (SSSR count). The molecule has 0 aliphatic carbocycles. The number of amides is 1. The average Bonchev–Trinajstić information content (AvgIpc) is 2.43. The third kappa shape index (κ3) is 3.54. The number of aromatic nitrogens is 1. The maximum Gasteiger partial charge on any atom is 0.253 e. The van der Waals surface area contributed by atoms with Crippen molar-refractivity contribution >= 4 is 5.91 Å². The molecule has 5 heteroatoms. The van der Waals surface area contributed by atoms with Gasteiger partial charge < -0.3 is 9.88 Å². The molecule has 0 fully saturated rings. The van der Waals surface area contributed by atoms with Crippen LogP contribution in [0.15, 0.2) is 47.4 Å². The molecule has 0 spiro atoms. The van der Waals surface area contributed by atoms with Crippen LogP contribution in [0.2, 0.25) is 0 Å². The van der Waals surface area contributed by atoms with Gasteiger partial charge in [-0.05, 0) is 30.7 Å². The molecule has 1 aromatic heterocycles. The lowest BCUT2D eigenvalue weighted by Gasteiger charge is -2.08. The first-order valence-corrected chi connectivity index (χ1v) is 6.23. The van der Waals surface area contributed by atoms with E-state index in [1.165, 1.54) is 16.7 Å². The Morgan fingerprint density at radius 2 is 1.95 bits per heavy atom. The molecule has 0 aliphatic rings. The van der Waals surface area contributed by atoms with Crippen molar-refractivity contribution in [3.8, 4) is 0 Å². The van der Waals surface area contributed by atoms with Gasteiger partial charge in [-0.2, -0.15) is 0 Å². The van der Waals surface area contributed by atoms with E-state index in [-0.39, 0.29) is 23.8 Å². The zero-order chi connectivity index (χ0) is 14.5. The lowest BCUT2D eigenvalue weighted by molar-refractivity contribution is -0.121.